The summed E-state index contributed by atoms with van der Waals surface area (Å²) in [5.41, 5.74) is -0.222. The van der Waals surface area contributed by atoms with E-state index in [2.05, 4.69) is 10.3 Å². The van der Waals surface area contributed by atoms with Crippen LogP contribution < -0.4 is 5.32 Å². The minimum Gasteiger partial charge on any atom is -0.461 e. The van der Waals surface area contributed by atoms with Crippen molar-refractivity contribution in [2.45, 2.75) is 19.0 Å². The number of aromatic nitrogens is 1. The summed E-state index contributed by atoms with van der Waals surface area (Å²) in [7, 11) is 0. The summed E-state index contributed by atoms with van der Waals surface area (Å²) in [5, 5.41) is 3.36. The van der Waals surface area contributed by atoms with Crippen LogP contribution >= 0.6 is 0 Å². The van der Waals surface area contributed by atoms with Gasteiger partial charge in [0.05, 0.1) is 25.1 Å². The first-order valence-electron chi connectivity index (χ1n) is 11.7. The van der Waals surface area contributed by atoms with Gasteiger partial charge in [-0.2, -0.15) is 13.2 Å². The fraction of sp³-hybridized carbons (Fsp3) is 0.304. The number of nitrogens with one attached hydrogen (secondary N) is 1. The first-order chi connectivity index (χ1) is 16.4. The second-order valence-corrected chi connectivity index (χ2v) is 7.06. The van der Waals surface area contributed by atoms with Crippen LogP contribution in [-0.4, -0.2) is 42.0 Å². The molecule has 0 bridgehead atoms. The topological polar surface area (TPSA) is 54.5 Å². The van der Waals surface area contributed by atoms with Crippen molar-refractivity contribution in [3.05, 3.63) is 65.9 Å². The molecule has 0 aliphatic carbocycles. The number of nitrogens with zero attached hydrogens (tertiary/aromatic N) is 2. The number of fused-ring (bicyclic) bond motifs is 1. The zero-order chi connectivity index (χ0) is 25.4. The van der Waals surface area contributed by atoms with Gasteiger partial charge in [-0.25, -0.2) is 4.79 Å². The van der Waals surface area contributed by atoms with Gasteiger partial charge < -0.3 is 10.1 Å². The van der Waals surface area contributed by atoms with E-state index in [0.717, 1.165) is 25.0 Å². The Labute approximate surface area is 183 Å². The van der Waals surface area contributed by atoms with E-state index in [1.165, 1.54) is 41.4 Å². The molecule has 1 N–H and O–H groups in total. The monoisotopic (exact) mass is 433 g/mol. The van der Waals surface area contributed by atoms with Gasteiger partial charge in [0.25, 0.3) is 0 Å². The first kappa shape index (κ1) is 16.5. The van der Waals surface area contributed by atoms with Gasteiger partial charge in [0.2, 0.25) is 0 Å². The van der Waals surface area contributed by atoms with Gasteiger partial charge >= 0.3 is 12.1 Å². The van der Waals surface area contributed by atoms with E-state index < -0.39 is 30.8 Å². The van der Waals surface area contributed by atoms with E-state index in [1.54, 1.807) is 6.07 Å². The fourth-order valence-corrected chi connectivity index (χ4v) is 3.37. The smallest absolute Gasteiger partial charge is 0.416 e. The number of alkyl halides is 3. The van der Waals surface area contributed by atoms with Gasteiger partial charge in [-0.05, 0) is 56.3 Å². The molecule has 0 unspecified atom stereocenters. The summed E-state index contributed by atoms with van der Waals surface area (Å²) in [5.74, 6) is -1.08. The number of rotatable bonds is 6. The van der Waals surface area contributed by atoms with Gasteiger partial charge in [-0.15, -0.1) is 0 Å². The number of carbonyl (C=O) groups is 1. The largest absolute Gasteiger partial charge is 0.461 e. The lowest BCUT2D eigenvalue weighted by molar-refractivity contribution is -0.137. The molecule has 1 aromatic heterocycles. The van der Waals surface area contributed by atoms with Gasteiger partial charge in [-0.3, -0.25) is 9.88 Å². The molecule has 0 amide bonds. The van der Waals surface area contributed by atoms with Crippen molar-refractivity contribution in [3.8, 4) is 0 Å². The number of ether oxygens (including phenoxy) is 1. The molecule has 2 heterocycles. The summed E-state index contributed by atoms with van der Waals surface area (Å²) in [6, 6.07) is 10.7. The minimum atomic E-state index is -4.52. The highest BCUT2D eigenvalue weighted by atomic mass is 19.4. The zero-order valence-corrected chi connectivity index (χ0v) is 16.4. The van der Waals surface area contributed by atoms with E-state index in [0.29, 0.717) is 24.2 Å². The predicted molar refractivity (Wildman–Crippen MR) is 112 cm³/mol. The Morgan fingerprint density at radius 1 is 1.13 bits per heavy atom. The molecule has 4 rings (SSSR count). The van der Waals surface area contributed by atoms with Crippen molar-refractivity contribution in [3.63, 3.8) is 0 Å². The zero-order valence-electron chi connectivity index (χ0n) is 20.4. The van der Waals surface area contributed by atoms with Crippen molar-refractivity contribution < 1.29 is 28.2 Å². The number of likely N-dealkylation sites (tertiary alicyclic amines) is 1. The van der Waals surface area contributed by atoms with E-state index in [1.807, 2.05) is 0 Å². The molecular weight excluding hydrogens is 407 g/mol. The van der Waals surface area contributed by atoms with Crippen LogP contribution in [0.4, 0.5) is 24.5 Å². The number of halogens is 3. The quantitative estimate of drug-likeness (QED) is 0.538. The summed E-state index contributed by atoms with van der Waals surface area (Å²) in [6.07, 6.45) is -1.75. The second-order valence-electron chi connectivity index (χ2n) is 7.06. The first-order valence-corrected chi connectivity index (χ1v) is 9.70. The van der Waals surface area contributed by atoms with Crippen LogP contribution in [-0.2, 0) is 10.9 Å². The molecule has 0 spiro atoms. The maximum atomic E-state index is 13.1. The summed E-state index contributed by atoms with van der Waals surface area (Å²) < 4.78 is 76.9. The number of carbonyl (C=O) groups excluding carboxylic acids is 1. The van der Waals surface area contributed by atoms with E-state index in [4.69, 9.17) is 10.2 Å². The molecule has 5 nitrogen and oxygen atoms in total. The number of hydrogen-bond acceptors (Lipinski definition) is 5. The minimum absolute atomic E-state index is 0.0644. The van der Waals surface area contributed by atoms with Crippen LogP contribution in [0.2, 0.25) is 0 Å². The lowest BCUT2D eigenvalue weighted by Crippen LogP contribution is -2.25. The molecule has 0 radical (unpaired) electrons. The highest BCUT2D eigenvalue weighted by molar-refractivity contribution is 5.99. The summed E-state index contributed by atoms with van der Waals surface area (Å²) in [4.78, 5) is 18.2. The van der Waals surface area contributed by atoms with E-state index >= 15 is 0 Å². The van der Waals surface area contributed by atoms with Crippen LogP contribution in [0.3, 0.4) is 0 Å². The Morgan fingerprint density at radius 2 is 1.90 bits per heavy atom. The molecule has 1 aliphatic rings. The average Bonchev–Trinajstić information content (AvgIpc) is 3.34. The maximum absolute atomic E-state index is 13.1. The summed E-state index contributed by atoms with van der Waals surface area (Å²) >= 11 is 0. The van der Waals surface area contributed by atoms with Crippen molar-refractivity contribution in [1.82, 2.24) is 9.88 Å². The molecular formula is C23H22F3N3O2. The molecule has 0 saturated carbocycles. The molecule has 8 heteroatoms. The fourth-order valence-electron chi connectivity index (χ4n) is 3.37. The Bertz CT molecular complexity index is 1250. The second kappa shape index (κ2) is 8.93. The van der Waals surface area contributed by atoms with Gasteiger partial charge in [-0.1, -0.05) is 18.2 Å². The SMILES string of the molecule is [2H]C([2H])(OC(=O)c1ccccc1Nc1ccnc2cc(C(F)(F)F)ccc12)C([2H])([2H])N1CCCC1. The van der Waals surface area contributed by atoms with E-state index in [9.17, 15) is 18.0 Å². The molecule has 162 valence electrons. The van der Waals surface area contributed by atoms with Crippen molar-refractivity contribution in [2.75, 3.05) is 31.5 Å². The Morgan fingerprint density at radius 3 is 2.68 bits per heavy atom. The highest BCUT2D eigenvalue weighted by Gasteiger charge is 2.30. The van der Waals surface area contributed by atoms with Gasteiger partial charge in [0.15, 0.2) is 0 Å². The van der Waals surface area contributed by atoms with Gasteiger partial charge in [0, 0.05) is 26.5 Å². The van der Waals surface area contributed by atoms with Crippen LogP contribution in [0.1, 0.15) is 34.2 Å². The van der Waals surface area contributed by atoms with Crippen molar-refractivity contribution in [2.24, 2.45) is 0 Å². The average molecular weight is 433 g/mol. The van der Waals surface area contributed by atoms with Crippen molar-refractivity contribution in [1.29, 1.82) is 0 Å². The Kier molecular flexibility index (Phi) is 4.77. The summed E-state index contributed by atoms with van der Waals surface area (Å²) in [6.45, 7) is -4.75. The van der Waals surface area contributed by atoms with Crippen LogP contribution in [0.15, 0.2) is 54.7 Å². The van der Waals surface area contributed by atoms with Gasteiger partial charge in [0.1, 0.15) is 6.56 Å². The van der Waals surface area contributed by atoms with Crippen LogP contribution in [0.25, 0.3) is 10.9 Å². The third-order valence-electron chi connectivity index (χ3n) is 4.94. The number of esters is 1. The Hall–Kier alpha value is -3.13. The van der Waals surface area contributed by atoms with Crippen LogP contribution in [0, 0.1) is 0 Å². The third kappa shape index (κ3) is 4.96. The normalized spacial score (nSPS) is 17.5. The van der Waals surface area contributed by atoms with E-state index in [-0.39, 0.29) is 16.8 Å². The molecule has 31 heavy (non-hydrogen) atoms. The molecule has 1 saturated heterocycles. The Balaban J connectivity index is 1.61. The molecule has 2 aromatic carbocycles. The molecule has 1 fully saturated rings. The number of hydrogen-bond donors (Lipinski definition) is 1. The maximum Gasteiger partial charge on any atom is 0.416 e. The molecule has 3 aromatic rings. The number of para-hydroxylation sites is 1. The van der Waals surface area contributed by atoms with Crippen molar-refractivity contribution >= 4 is 28.2 Å². The number of benzene rings is 2. The predicted octanol–water partition coefficient (Wildman–Crippen LogP) is 5.25. The standard InChI is InChI=1S/C23H22F3N3O2/c24-23(25,26)16-7-8-17-20(9-10-27-21(17)15-16)28-19-6-2-1-5-18(19)22(30)31-14-13-29-11-3-4-12-29/h1-2,5-10,15H,3-4,11-14H2,(H,27,28)/i13D2,14D2. The highest BCUT2D eigenvalue weighted by Crippen LogP contribution is 2.33. The molecule has 0 atom stereocenters. The molecule has 1 aliphatic heterocycles. The number of anilines is 2. The number of pyridine rings is 1. The lowest BCUT2D eigenvalue weighted by Gasteiger charge is -2.16. The third-order valence-corrected chi connectivity index (χ3v) is 4.94. The van der Waals surface area contributed by atoms with Crippen LogP contribution in [0.5, 0.6) is 0 Å². The lowest BCUT2D eigenvalue weighted by atomic mass is 10.1.